The molecule has 0 aliphatic heterocycles. The molecule has 0 saturated carbocycles. The molecule has 4 nitrogen and oxygen atoms in total. The monoisotopic (exact) mass is 320 g/mol. The van der Waals surface area contributed by atoms with E-state index in [0.29, 0.717) is 23.9 Å². The SMILES string of the molecule is Cc1c(Cl)c(Cn2cc(CCCl)nn2)nc2ccccc12. The molecule has 0 atom stereocenters. The summed E-state index contributed by atoms with van der Waals surface area (Å²) in [5.41, 5.74) is 3.66. The molecule has 108 valence electrons. The minimum absolute atomic E-state index is 0.500. The second kappa shape index (κ2) is 6.00. The lowest BCUT2D eigenvalue weighted by Gasteiger charge is -2.09. The van der Waals surface area contributed by atoms with Crippen molar-refractivity contribution >= 4 is 34.1 Å². The number of hydrogen-bond acceptors (Lipinski definition) is 3. The van der Waals surface area contributed by atoms with Gasteiger partial charge in [0.05, 0.1) is 28.5 Å². The van der Waals surface area contributed by atoms with Gasteiger partial charge in [-0.3, -0.25) is 0 Å². The van der Waals surface area contributed by atoms with Crippen LogP contribution in [0, 0.1) is 6.92 Å². The molecule has 0 amide bonds. The first-order chi connectivity index (χ1) is 10.2. The Bertz CT molecular complexity index is 782. The Morgan fingerprint density at radius 3 is 2.86 bits per heavy atom. The number of para-hydroxylation sites is 1. The molecular formula is C15H14Cl2N4. The lowest BCUT2D eigenvalue weighted by atomic mass is 10.1. The molecule has 0 unspecified atom stereocenters. The summed E-state index contributed by atoms with van der Waals surface area (Å²) in [5.74, 6) is 0.535. The summed E-state index contributed by atoms with van der Waals surface area (Å²) in [5, 5.41) is 9.92. The average molecular weight is 321 g/mol. The van der Waals surface area contributed by atoms with Gasteiger partial charge in [0.25, 0.3) is 0 Å². The van der Waals surface area contributed by atoms with Crippen LogP contribution in [0.15, 0.2) is 30.5 Å². The predicted molar refractivity (Wildman–Crippen MR) is 85.0 cm³/mol. The Morgan fingerprint density at radius 2 is 2.05 bits per heavy atom. The van der Waals surface area contributed by atoms with E-state index in [9.17, 15) is 0 Å². The topological polar surface area (TPSA) is 43.6 Å². The Balaban J connectivity index is 1.97. The molecule has 0 fully saturated rings. The van der Waals surface area contributed by atoms with Crippen molar-refractivity contribution in [1.82, 2.24) is 20.0 Å². The normalized spacial score (nSPS) is 11.2. The van der Waals surface area contributed by atoms with Crippen molar-refractivity contribution in [1.29, 1.82) is 0 Å². The van der Waals surface area contributed by atoms with Gasteiger partial charge in [0, 0.05) is 23.9 Å². The number of alkyl halides is 1. The lowest BCUT2D eigenvalue weighted by molar-refractivity contribution is 0.639. The molecule has 1 aromatic carbocycles. The first kappa shape index (κ1) is 14.3. The van der Waals surface area contributed by atoms with Crippen LogP contribution in [0.3, 0.4) is 0 Å². The summed E-state index contributed by atoms with van der Waals surface area (Å²) in [7, 11) is 0. The third kappa shape index (κ3) is 2.87. The molecule has 6 heteroatoms. The maximum Gasteiger partial charge on any atom is 0.0864 e. The van der Waals surface area contributed by atoms with Crippen molar-refractivity contribution < 1.29 is 0 Å². The highest BCUT2D eigenvalue weighted by Crippen LogP contribution is 2.27. The number of rotatable bonds is 4. The van der Waals surface area contributed by atoms with E-state index in [1.165, 1.54) is 0 Å². The summed E-state index contributed by atoms with van der Waals surface area (Å²) in [6.07, 6.45) is 2.59. The van der Waals surface area contributed by atoms with E-state index in [2.05, 4.69) is 15.3 Å². The fraction of sp³-hybridized carbons (Fsp3) is 0.267. The largest absolute Gasteiger partial charge is 0.249 e. The van der Waals surface area contributed by atoms with Gasteiger partial charge in [0.2, 0.25) is 0 Å². The molecule has 3 aromatic rings. The minimum atomic E-state index is 0.500. The Labute approximate surface area is 132 Å². The molecule has 0 aliphatic rings. The van der Waals surface area contributed by atoms with Crippen LogP contribution >= 0.6 is 23.2 Å². The maximum atomic E-state index is 6.44. The number of aromatic nitrogens is 4. The predicted octanol–water partition coefficient (Wildman–Crippen LogP) is 3.62. The number of halogens is 2. The van der Waals surface area contributed by atoms with E-state index in [-0.39, 0.29) is 0 Å². The van der Waals surface area contributed by atoms with Crippen LogP contribution in [0.5, 0.6) is 0 Å². The van der Waals surface area contributed by atoms with Crippen molar-refractivity contribution in [3.05, 3.63) is 52.4 Å². The number of benzene rings is 1. The summed E-state index contributed by atoms with van der Waals surface area (Å²) < 4.78 is 1.74. The highest BCUT2D eigenvalue weighted by Gasteiger charge is 2.11. The second-order valence-corrected chi connectivity index (χ2v) is 5.62. The van der Waals surface area contributed by atoms with Gasteiger partial charge in [0.1, 0.15) is 0 Å². The van der Waals surface area contributed by atoms with Crippen LogP contribution in [-0.2, 0) is 13.0 Å². The molecule has 2 heterocycles. The maximum absolute atomic E-state index is 6.44. The van der Waals surface area contributed by atoms with Gasteiger partial charge in [-0.1, -0.05) is 35.0 Å². The zero-order chi connectivity index (χ0) is 14.8. The van der Waals surface area contributed by atoms with Crippen LogP contribution < -0.4 is 0 Å². The van der Waals surface area contributed by atoms with Crippen LogP contribution in [0.4, 0.5) is 0 Å². The second-order valence-electron chi connectivity index (χ2n) is 4.86. The summed E-state index contributed by atoms with van der Waals surface area (Å²) in [4.78, 5) is 4.64. The third-order valence-corrected chi connectivity index (χ3v) is 4.09. The van der Waals surface area contributed by atoms with Crippen molar-refractivity contribution in [3.8, 4) is 0 Å². The molecule has 0 radical (unpaired) electrons. The summed E-state index contributed by atoms with van der Waals surface area (Å²) in [6.45, 7) is 2.51. The third-order valence-electron chi connectivity index (χ3n) is 3.39. The molecule has 0 spiro atoms. The van der Waals surface area contributed by atoms with E-state index in [1.54, 1.807) is 4.68 Å². The first-order valence-electron chi connectivity index (χ1n) is 6.67. The fourth-order valence-electron chi connectivity index (χ4n) is 2.30. The highest BCUT2D eigenvalue weighted by molar-refractivity contribution is 6.32. The molecule has 0 N–H and O–H groups in total. The van der Waals surface area contributed by atoms with Crippen LogP contribution in [0.2, 0.25) is 5.02 Å². The molecule has 3 rings (SSSR count). The van der Waals surface area contributed by atoms with Crippen molar-refractivity contribution in [2.45, 2.75) is 19.9 Å². The van der Waals surface area contributed by atoms with Gasteiger partial charge in [-0.15, -0.1) is 16.7 Å². The van der Waals surface area contributed by atoms with Gasteiger partial charge in [-0.2, -0.15) is 0 Å². The summed E-state index contributed by atoms with van der Waals surface area (Å²) in [6, 6.07) is 7.98. The van der Waals surface area contributed by atoms with E-state index in [4.69, 9.17) is 23.2 Å². The molecule has 0 bridgehead atoms. The minimum Gasteiger partial charge on any atom is -0.249 e. The number of pyridine rings is 1. The van der Waals surface area contributed by atoms with E-state index >= 15 is 0 Å². The average Bonchev–Trinajstić information content (AvgIpc) is 2.92. The zero-order valence-electron chi connectivity index (χ0n) is 11.6. The fourth-order valence-corrected chi connectivity index (χ4v) is 2.70. The standard InChI is InChI=1S/C15H14Cl2N4/c1-10-12-4-2-3-5-13(12)18-14(15(10)17)9-21-8-11(6-7-16)19-20-21/h2-5,8H,6-7,9H2,1H3. The first-order valence-corrected chi connectivity index (χ1v) is 7.59. The van der Waals surface area contributed by atoms with Crippen molar-refractivity contribution in [3.63, 3.8) is 0 Å². The Hall–Kier alpha value is -1.65. The Morgan fingerprint density at radius 1 is 1.24 bits per heavy atom. The number of fused-ring (bicyclic) bond motifs is 1. The lowest BCUT2D eigenvalue weighted by Crippen LogP contribution is -2.05. The van der Waals surface area contributed by atoms with Crippen LogP contribution in [0.25, 0.3) is 10.9 Å². The molecule has 0 aliphatic carbocycles. The summed E-state index contributed by atoms with van der Waals surface area (Å²) >= 11 is 12.2. The van der Waals surface area contributed by atoms with E-state index in [0.717, 1.165) is 27.9 Å². The van der Waals surface area contributed by atoms with Crippen LogP contribution in [-0.4, -0.2) is 25.9 Å². The van der Waals surface area contributed by atoms with E-state index in [1.807, 2.05) is 37.4 Å². The van der Waals surface area contributed by atoms with E-state index < -0.39 is 0 Å². The zero-order valence-corrected chi connectivity index (χ0v) is 13.1. The molecule has 2 aromatic heterocycles. The van der Waals surface area contributed by atoms with Gasteiger partial charge >= 0.3 is 0 Å². The van der Waals surface area contributed by atoms with Crippen molar-refractivity contribution in [2.75, 3.05) is 5.88 Å². The van der Waals surface area contributed by atoms with Gasteiger partial charge < -0.3 is 0 Å². The van der Waals surface area contributed by atoms with Gasteiger partial charge in [-0.05, 0) is 18.6 Å². The van der Waals surface area contributed by atoms with Gasteiger partial charge in [0.15, 0.2) is 0 Å². The molecule has 0 saturated heterocycles. The number of hydrogen-bond donors (Lipinski definition) is 0. The molecular weight excluding hydrogens is 307 g/mol. The highest BCUT2D eigenvalue weighted by atomic mass is 35.5. The van der Waals surface area contributed by atoms with Crippen molar-refractivity contribution in [2.24, 2.45) is 0 Å². The van der Waals surface area contributed by atoms with Gasteiger partial charge in [-0.25, -0.2) is 9.67 Å². The van der Waals surface area contributed by atoms with Crippen LogP contribution in [0.1, 0.15) is 17.0 Å². The number of nitrogens with zero attached hydrogens (tertiary/aromatic N) is 4. The quantitative estimate of drug-likeness (QED) is 0.689. The Kier molecular flexibility index (Phi) is 4.08. The smallest absolute Gasteiger partial charge is 0.0864 e. The number of aryl methyl sites for hydroxylation is 2. The molecule has 21 heavy (non-hydrogen) atoms.